The van der Waals surface area contributed by atoms with Gasteiger partial charge < -0.3 is 16.0 Å². The van der Waals surface area contributed by atoms with Crippen molar-refractivity contribution in [1.29, 1.82) is 0 Å². The highest BCUT2D eigenvalue weighted by atomic mass is 35.5. The van der Waals surface area contributed by atoms with Crippen LogP contribution in [-0.2, 0) is 22.3 Å². The van der Waals surface area contributed by atoms with Crippen LogP contribution in [0.3, 0.4) is 0 Å². The zero-order valence-corrected chi connectivity index (χ0v) is 16.4. The number of carbonyl (C=O) groups is 2. The van der Waals surface area contributed by atoms with Crippen molar-refractivity contribution in [2.24, 2.45) is 5.73 Å². The molecule has 0 unspecified atom stereocenters. The van der Waals surface area contributed by atoms with Gasteiger partial charge in [0.1, 0.15) is 0 Å². The van der Waals surface area contributed by atoms with E-state index < -0.39 is 17.6 Å². The number of benzene rings is 1. The third kappa shape index (κ3) is 8.62. The second-order valence-electron chi connectivity index (χ2n) is 6.05. The highest BCUT2D eigenvalue weighted by molar-refractivity contribution is 5.93. The van der Waals surface area contributed by atoms with Crippen LogP contribution in [0, 0.1) is 0 Å². The van der Waals surface area contributed by atoms with Crippen LogP contribution in [0.15, 0.2) is 18.2 Å². The lowest BCUT2D eigenvalue weighted by Gasteiger charge is -2.21. The lowest BCUT2D eigenvalue weighted by atomic mass is 10.1. The molecule has 0 atom stereocenters. The van der Waals surface area contributed by atoms with Gasteiger partial charge in [0.2, 0.25) is 11.8 Å². The van der Waals surface area contributed by atoms with Gasteiger partial charge in [0.05, 0.1) is 5.56 Å². The molecule has 0 aliphatic rings. The fourth-order valence-corrected chi connectivity index (χ4v) is 2.55. The number of halogens is 4. The first kappa shape index (κ1) is 25.2. The maximum atomic E-state index is 12.9. The van der Waals surface area contributed by atoms with Crippen LogP contribution in [-0.4, -0.2) is 29.8 Å². The van der Waals surface area contributed by atoms with Crippen molar-refractivity contribution >= 4 is 29.9 Å². The molecule has 5 nitrogen and oxygen atoms in total. The monoisotopic (exact) mass is 409 g/mol. The highest BCUT2D eigenvalue weighted by Gasteiger charge is 2.31. The molecule has 0 aliphatic heterocycles. The number of nitrogens with one attached hydrogen (secondary N) is 1. The Kier molecular flexibility index (Phi) is 11.0. The number of amides is 2. The van der Waals surface area contributed by atoms with E-state index in [0.717, 1.165) is 25.0 Å². The highest BCUT2D eigenvalue weighted by Crippen LogP contribution is 2.32. The summed E-state index contributed by atoms with van der Waals surface area (Å²) in [5, 5.41) is 2.42. The summed E-state index contributed by atoms with van der Waals surface area (Å²) in [4.78, 5) is 25.9. The van der Waals surface area contributed by atoms with Crippen molar-refractivity contribution < 1.29 is 22.8 Å². The fourth-order valence-electron chi connectivity index (χ4n) is 2.55. The van der Waals surface area contributed by atoms with Gasteiger partial charge in [0.15, 0.2) is 0 Å². The van der Waals surface area contributed by atoms with Crippen LogP contribution >= 0.6 is 12.4 Å². The minimum absolute atomic E-state index is 0. The molecule has 154 valence electrons. The molecule has 1 aromatic rings. The SMILES string of the molecule is CCCN(CCC)C(=O)CCC(=O)Nc1cc(CN)cc(C(F)(F)F)c1.Cl. The van der Waals surface area contributed by atoms with Crippen molar-refractivity contribution in [3.8, 4) is 0 Å². The van der Waals surface area contributed by atoms with Crippen LogP contribution in [0.1, 0.15) is 50.7 Å². The molecule has 0 fully saturated rings. The largest absolute Gasteiger partial charge is 0.416 e. The van der Waals surface area contributed by atoms with Gasteiger partial charge in [-0.15, -0.1) is 12.4 Å². The van der Waals surface area contributed by atoms with E-state index in [-0.39, 0.29) is 49.0 Å². The van der Waals surface area contributed by atoms with Gasteiger partial charge in [-0.3, -0.25) is 9.59 Å². The van der Waals surface area contributed by atoms with Gasteiger partial charge in [0.25, 0.3) is 0 Å². The number of anilines is 1. The predicted octanol–water partition coefficient (Wildman–Crippen LogP) is 3.95. The minimum Gasteiger partial charge on any atom is -0.343 e. The van der Waals surface area contributed by atoms with Crippen molar-refractivity contribution in [3.05, 3.63) is 29.3 Å². The molecule has 27 heavy (non-hydrogen) atoms. The minimum atomic E-state index is -4.53. The Bertz CT molecular complexity index is 618. The second-order valence-corrected chi connectivity index (χ2v) is 6.05. The summed E-state index contributed by atoms with van der Waals surface area (Å²) in [6.45, 7) is 5.11. The van der Waals surface area contributed by atoms with Gasteiger partial charge in [-0.25, -0.2) is 0 Å². The van der Waals surface area contributed by atoms with Crippen molar-refractivity contribution in [2.75, 3.05) is 18.4 Å². The molecule has 0 heterocycles. The number of hydrogen-bond donors (Lipinski definition) is 2. The smallest absolute Gasteiger partial charge is 0.343 e. The van der Waals surface area contributed by atoms with Crippen LogP contribution in [0.4, 0.5) is 18.9 Å². The molecule has 0 aliphatic carbocycles. The Morgan fingerprint density at radius 1 is 1.07 bits per heavy atom. The number of nitrogens with zero attached hydrogens (tertiary/aromatic N) is 1. The zero-order chi connectivity index (χ0) is 19.7. The Balaban J connectivity index is 0.00000676. The number of rotatable bonds is 9. The molecule has 0 saturated carbocycles. The van der Waals surface area contributed by atoms with Crippen LogP contribution in [0.5, 0.6) is 0 Å². The van der Waals surface area contributed by atoms with Crippen LogP contribution in [0.25, 0.3) is 0 Å². The van der Waals surface area contributed by atoms with Crippen molar-refractivity contribution in [1.82, 2.24) is 4.90 Å². The Hall–Kier alpha value is -1.80. The molecule has 0 saturated heterocycles. The average Bonchev–Trinajstić information content (AvgIpc) is 2.58. The Morgan fingerprint density at radius 2 is 1.67 bits per heavy atom. The van der Waals surface area contributed by atoms with E-state index in [1.807, 2.05) is 13.8 Å². The van der Waals surface area contributed by atoms with Gasteiger partial charge in [-0.05, 0) is 36.6 Å². The van der Waals surface area contributed by atoms with Gasteiger partial charge >= 0.3 is 6.18 Å². The topological polar surface area (TPSA) is 75.4 Å². The van der Waals surface area contributed by atoms with E-state index in [2.05, 4.69) is 5.32 Å². The van der Waals surface area contributed by atoms with Crippen LogP contribution in [0.2, 0.25) is 0 Å². The fraction of sp³-hybridized carbons (Fsp3) is 0.556. The Morgan fingerprint density at radius 3 is 2.15 bits per heavy atom. The van der Waals surface area contributed by atoms with E-state index in [4.69, 9.17) is 5.73 Å². The van der Waals surface area contributed by atoms with Crippen molar-refractivity contribution in [2.45, 2.75) is 52.3 Å². The molecule has 9 heteroatoms. The number of carbonyl (C=O) groups excluding carboxylic acids is 2. The molecule has 2 amide bonds. The quantitative estimate of drug-likeness (QED) is 0.648. The molecular formula is C18H27ClF3N3O2. The van der Waals surface area contributed by atoms with E-state index >= 15 is 0 Å². The first-order valence-electron chi connectivity index (χ1n) is 8.70. The lowest BCUT2D eigenvalue weighted by Crippen LogP contribution is -2.33. The molecule has 0 bridgehead atoms. The summed E-state index contributed by atoms with van der Waals surface area (Å²) >= 11 is 0. The third-order valence-corrected chi connectivity index (χ3v) is 3.75. The molecule has 1 aromatic carbocycles. The predicted molar refractivity (Wildman–Crippen MR) is 102 cm³/mol. The maximum Gasteiger partial charge on any atom is 0.416 e. The normalized spacial score (nSPS) is 10.9. The van der Waals surface area contributed by atoms with Crippen molar-refractivity contribution in [3.63, 3.8) is 0 Å². The van der Waals surface area contributed by atoms with Crippen LogP contribution < -0.4 is 11.1 Å². The molecule has 0 spiro atoms. The molecular weight excluding hydrogens is 383 g/mol. The number of nitrogens with two attached hydrogens (primary N) is 1. The summed E-state index contributed by atoms with van der Waals surface area (Å²) in [6.07, 6.45) is -2.94. The summed E-state index contributed by atoms with van der Waals surface area (Å²) in [7, 11) is 0. The molecule has 3 N–H and O–H groups in total. The zero-order valence-electron chi connectivity index (χ0n) is 15.6. The third-order valence-electron chi connectivity index (χ3n) is 3.75. The van der Waals surface area contributed by atoms with E-state index in [1.165, 1.54) is 6.07 Å². The number of hydrogen-bond acceptors (Lipinski definition) is 3. The van der Waals surface area contributed by atoms with E-state index in [0.29, 0.717) is 13.1 Å². The van der Waals surface area contributed by atoms with Gasteiger partial charge in [0, 0.05) is 38.2 Å². The Labute approximate surface area is 163 Å². The van der Waals surface area contributed by atoms with E-state index in [9.17, 15) is 22.8 Å². The average molecular weight is 410 g/mol. The lowest BCUT2D eigenvalue weighted by molar-refractivity contribution is -0.137. The maximum absolute atomic E-state index is 12.9. The molecule has 0 radical (unpaired) electrons. The van der Waals surface area contributed by atoms with Gasteiger partial charge in [-0.1, -0.05) is 13.8 Å². The summed E-state index contributed by atoms with van der Waals surface area (Å²) in [6, 6.07) is 3.21. The molecule has 1 rings (SSSR count). The summed E-state index contributed by atoms with van der Waals surface area (Å²) in [5.74, 6) is -0.635. The first-order valence-corrected chi connectivity index (χ1v) is 8.70. The second kappa shape index (κ2) is 11.8. The first-order chi connectivity index (χ1) is 12.2. The molecule has 0 aromatic heterocycles. The summed E-state index contributed by atoms with van der Waals surface area (Å²) < 4.78 is 38.7. The van der Waals surface area contributed by atoms with E-state index in [1.54, 1.807) is 4.90 Å². The standard InChI is InChI=1S/C18H26F3N3O2.ClH/c1-3-7-24(8-4-2)17(26)6-5-16(25)23-15-10-13(12-22)9-14(11-15)18(19,20)21;/h9-11H,3-8,12,22H2,1-2H3,(H,23,25);1H. The summed E-state index contributed by atoms with van der Waals surface area (Å²) in [5.41, 5.74) is 4.84. The number of alkyl halides is 3. The van der Waals surface area contributed by atoms with Gasteiger partial charge in [-0.2, -0.15) is 13.2 Å².